The van der Waals surface area contributed by atoms with Crippen molar-refractivity contribution in [2.24, 2.45) is 0 Å². The van der Waals surface area contributed by atoms with Gasteiger partial charge in [0.1, 0.15) is 11.5 Å². The van der Waals surface area contributed by atoms with E-state index in [1.165, 1.54) is 6.66 Å². The molecule has 4 aromatic rings. The Labute approximate surface area is 174 Å². The van der Waals surface area contributed by atoms with Crippen LogP contribution in [0.5, 0.6) is 11.5 Å². The quantitative estimate of drug-likeness (QED) is 0.265. The first kappa shape index (κ1) is 18.5. The predicted octanol–water partition coefficient (Wildman–Crippen LogP) is 7.80. The molecule has 3 nitrogen and oxygen atoms in total. The van der Waals surface area contributed by atoms with Crippen LogP contribution < -0.4 is 9.05 Å². The van der Waals surface area contributed by atoms with Crippen LogP contribution in [0.4, 0.5) is 0 Å². The highest BCUT2D eigenvalue weighted by Gasteiger charge is 2.21. The van der Waals surface area contributed by atoms with Gasteiger partial charge < -0.3 is 9.05 Å². The maximum Gasteiger partial charge on any atom is 0.427 e. The van der Waals surface area contributed by atoms with E-state index in [0.717, 1.165) is 30.5 Å². The van der Waals surface area contributed by atoms with E-state index in [9.17, 15) is 4.57 Å². The summed E-state index contributed by atoms with van der Waals surface area (Å²) in [5.74, 6) is 1.03. The van der Waals surface area contributed by atoms with Gasteiger partial charge in [-0.3, -0.25) is 0 Å². The Kier molecular flexibility index (Phi) is 5.02. The first-order chi connectivity index (χ1) is 12.9. The normalized spacial score (nSPS) is 11.7. The second-order valence-electron chi connectivity index (χ2n) is 6.26. The Morgan fingerprint density at radius 2 is 1.00 bits per heavy atom. The van der Waals surface area contributed by atoms with Crippen LogP contribution >= 0.6 is 39.5 Å². The van der Waals surface area contributed by atoms with Gasteiger partial charge in [-0.15, -0.1) is 0 Å². The Morgan fingerprint density at radius 1 is 0.630 bits per heavy atom. The molecular weight excluding hydrogens is 491 g/mol. The Hall–Kier alpha value is -1.81. The summed E-state index contributed by atoms with van der Waals surface area (Å²) in [7, 11) is -3.33. The van der Waals surface area contributed by atoms with E-state index in [0.29, 0.717) is 11.5 Å². The highest BCUT2D eigenvalue weighted by atomic mass is 79.9. The fraction of sp³-hybridized carbons (Fsp3) is 0.0476. The second-order valence-corrected chi connectivity index (χ2v) is 10.00. The van der Waals surface area contributed by atoms with Gasteiger partial charge in [-0.25, -0.2) is 4.57 Å². The highest BCUT2D eigenvalue weighted by molar-refractivity contribution is 9.10. The average Bonchev–Trinajstić information content (AvgIpc) is 2.61. The molecule has 4 aromatic carbocycles. The summed E-state index contributed by atoms with van der Waals surface area (Å²) in [4.78, 5) is 0. The molecule has 27 heavy (non-hydrogen) atoms. The lowest BCUT2D eigenvalue weighted by Crippen LogP contribution is -1.99. The Balaban J connectivity index is 1.57. The van der Waals surface area contributed by atoms with E-state index < -0.39 is 7.60 Å². The topological polar surface area (TPSA) is 35.5 Å². The second kappa shape index (κ2) is 7.31. The number of hydrogen-bond acceptors (Lipinski definition) is 3. The number of benzene rings is 4. The third-order valence-corrected chi connectivity index (χ3v) is 6.16. The largest absolute Gasteiger partial charge is 0.427 e. The molecule has 0 aliphatic heterocycles. The number of rotatable bonds is 4. The van der Waals surface area contributed by atoms with Crippen molar-refractivity contribution in [2.45, 2.75) is 0 Å². The monoisotopic (exact) mass is 504 g/mol. The number of halogens is 2. The first-order valence-corrected chi connectivity index (χ1v) is 11.8. The zero-order valence-electron chi connectivity index (χ0n) is 14.4. The summed E-state index contributed by atoms with van der Waals surface area (Å²) in [6.07, 6.45) is 0. The van der Waals surface area contributed by atoms with Gasteiger partial charge in [0.15, 0.2) is 0 Å². The lowest BCUT2D eigenvalue weighted by Gasteiger charge is -2.17. The number of fused-ring (bicyclic) bond motifs is 2. The molecule has 0 saturated carbocycles. The van der Waals surface area contributed by atoms with Gasteiger partial charge in [-0.2, -0.15) is 0 Å². The van der Waals surface area contributed by atoms with Crippen LogP contribution in [-0.2, 0) is 4.57 Å². The van der Waals surface area contributed by atoms with Crippen molar-refractivity contribution < 1.29 is 13.6 Å². The van der Waals surface area contributed by atoms with Crippen LogP contribution in [0.25, 0.3) is 21.5 Å². The van der Waals surface area contributed by atoms with E-state index in [4.69, 9.17) is 9.05 Å². The molecule has 0 unspecified atom stereocenters. The lowest BCUT2D eigenvalue weighted by molar-refractivity contribution is 0.394. The molecule has 0 amide bonds. The summed E-state index contributed by atoms with van der Waals surface area (Å²) in [6, 6.07) is 23.1. The molecule has 4 rings (SSSR count). The minimum Gasteiger partial charge on any atom is -0.416 e. The molecule has 0 N–H and O–H groups in total. The van der Waals surface area contributed by atoms with Crippen LogP contribution in [0.15, 0.2) is 81.7 Å². The van der Waals surface area contributed by atoms with Crippen molar-refractivity contribution >= 4 is 61.0 Å². The highest BCUT2D eigenvalue weighted by Crippen LogP contribution is 2.45. The van der Waals surface area contributed by atoms with Crippen molar-refractivity contribution in [3.8, 4) is 11.5 Å². The third kappa shape index (κ3) is 4.37. The summed E-state index contributed by atoms with van der Waals surface area (Å²) in [5.41, 5.74) is 0. The molecule has 0 spiro atoms. The van der Waals surface area contributed by atoms with Gasteiger partial charge in [0, 0.05) is 8.95 Å². The first-order valence-electron chi connectivity index (χ1n) is 8.23. The maximum atomic E-state index is 12.9. The molecule has 0 aromatic heterocycles. The summed E-state index contributed by atoms with van der Waals surface area (Å²) < 4.78 is 26.3. The SMILES string of the molecule is CP(=O)(Oc1ccc2cc(Br)ccc2c1)Oc1ccc2cc(Br)ccc2c1. The van der Waals surface area contributed by atoms with Crippen molar-refractivity contribution in [2.75, 3.05) is 6.66 Å². The van der Waals surface area contributed by atoms with Gasteiger partial charge in [-0.1, -0.05) is 56.1 Å². The fourth-order valence-electron chi connectivity index (χ4n) is 2.90. The molecule has 0 fully saturated rings. The average molecular weight is 506 g/mol. The van der Waals surface area contributed by atoms with Gasteiger partial charge in [-0.05, 0) is 70.1 Å². The van der Waals surface area contributed by atoms with E-state index in [1.807, 2.05) is 60.7 Å². The van der Waals surface area contributed by atoms with Crippen LogP contribution in [0.2, 0.25) is 0 Å². The van der Waals surface area contributed by atoms with Gasteiger partial charge >= 0.3 is 7.60 Å². The van der Waals surface area contributed by atoms with Crippen LogP contribution in [0.3, 0.4) is 0 Å². The molecule has 0 heterocycles. The molecule has 136 valence electrons. The van der Waals surface area contributed by atoms with E-state index in [2.05, 4.69) is 31.9 Å². The standard InChI is InChI=1S/C21H15Br2O3P/c1-27(24,25-20-8-4-14-10-18(22)6-2-16(14)12-20)26-21-9-5-15-11-19(23)7-3-17(15)13-21/h2-13H,1H3. The van der Waals surface area contributed by atoms with E-state index >= 15 is 0 Å². The molecule has 0 aliphatic carbocycles. The Bertz CT molecular complexity index is 1120. The van der Waals surface area contributed by atoms with Crippen molar-refractivity contribution in [1.82, 2.24) is 0 Å². The predicted molar refractivity (Wildman–Crippen MR) is 118 cm³/mol. The van der Waals surface area contributed by atoms with Crippen molar-refractivity contribution in [3.63, 3.8) is 0 Å². The molecule has 0 bridgehead atoms. The molecule has 0 aliphatic rings. The molecular formula is C21H15Br2O3P. The third-order valence-electron chi connectivity index (χ3n) is 4.09. The zero-order valence-corrected chi connectivity index (χ0v) is 18.4. The fourth-order valence-corrected chi connectivity index (χ4v) is 4.69. The van der Waals surface area contributed by atoms with E-state index in [1.54, 1.807) is 12.1 Å². The van der Waals surface area contributed by atoms with Gasteiger partial charge in [0.25, 0.3) is 0 Å². The molecule has 6 heteroatoms. The summed E-state index contributed by atoms with van der Waals surface area (Å²) >= 11 is 6.92. The molecule has 0 atom stereocenters. The molecule has 0 saturated heterocycles. The minimum atomic E-state index is -3.33. The summed E-state index contributed by atoms with van der Waals surface area (Å²) in [5, 5.41) is 4.16. The van der Waals surface area contributed by atoms with E-state index in [-0.39, 0.29) is 0 Å². The van der Waals surface area contributed by atoms with Gasteiger partial charge in [0.05, 0.1) is 6.66 Å². The smallest absolute Gasteiger partial charge is 0.416 e. The zero-order chi connectivity index (χ0) is 19.0. The minimum absolute atomic E-state index is 0.514. The molecule has 0 radical (unpaired) electrons. The van der Waals surface area contributed by atoms with Gasteiger partial charge in [0.2, 0.25) is 0 Å². The summed E-state index contributed by atoms with van der Waals surface area (Å²) in [6.45, 7) is 1.48. The van der Waals surface area contributed by atoms with Crippen LogP contribution in [0.1, 0.15) is 0 Å². The van der Waals surface area contributed by atoms with Crippen molar-refractivity contribution in [3.05, 3.63) is 81.7 Å². The van der Waals surface area contributed by atoms with Crippen LogP contribution in [0, 0.1) is 0 Å². The van der Waals surface area contributed by atoms with Crippen LogP contribution in [-0.4, -0.2) is 6.66 Å². The van der Waals surface area contributed by atoms with Crippen molar-refractivity contribution in [1.29, 1.82) is 0 Å². The Morgan fingerprint density at radius 3 is 1.44 bits per heavy atom. The maximum absolute atomic E-state index is 12.9. The number of hydrogen-bond donors (Lipinski definition) is 0. The lowest BCUT2D eigenvalue weighted by atomic mass is 10.1.